The fourth-order valence-electron chi connectivity index (χ4n) is 4.08. The first-order chi connectivity index (χ1) is 15.4. The van der Waals surface area contributed by atoms with Gasteiger partial charge in [-0.15, -0.1) is 0 Å². The van der Waals surface area contributed by atoms with Crippen LogP contribution in [0.2, 0.25) is 0 Å². The van der Waals surface area contributed by atoms with Gasteiger partial charge in [0.25, 0.3) is 0 Å². The summed E-state index contributed by atoms with van der Waals surface area (Å²) in [6, 6.07) is 10.1. The number of hydrogen-bond donors (Lipinski definition) is 1. The molecular formula is C23H28F3N3O3S. The van der Waals surface area contributed by atoms with E-state index in [0.29, 0.717) is 49.3 Å². The molecule has 10 heteroatoms. The third-order valence-corrected chi connectivity index (χ3v) is 7.90. The molecule has 0 unspecified atom stereocenters. The number of carbonyl (C=O) groups excluding carboxylic acids is 1. The molecule has 1 aliphatic rings. The standard InChI is InChI=1S/C23H28F3N3O3S/c1-16-7-8-20(27-17(2)30)14-22(16)33(31,32)29-11-9-21(10-12-29)28(3)15-18-5-4-6-19(13-18)23(24,25)26/h4-8,13-14,21H,9-12,15H2,1-3H3,(H,27,30). The van der Waals surface area contributed by atoms with Crippen molar-refractivity contribution in [3.63, 3.8) is 0 Å². The quantitative estimate of drug-likeness (QED) is 0.667. The number of nitrogens with one attached hydrogen (secondary N) is 1. The summed E-state index contributed by atoms with van der Waals surface area (Å²) in [7, 11) is -1.90. The molecule has 33 heavy (non-hydrogen) atoms. The van der Waals surface area contributed by atoms with Crippen LogP contribution in [-0.2, 0) is 27.5 Å². The summed E-state index contributed by atoms with van der Waals surface area (Å²) in [6.45, 7) is 4.03. The fraction of sp³-hybridized carbons (Fsp3) is 0.435. The van der Waals surface area contributed by atoms with E-state index < -0.39 is 21.8 Å². The fourth-order valence-corrected chi connectivity index (χ4v) is 5.81. The van der Waals surface area contributed by atoms with Gasteiger partial charge in [-0.05, 0) is 56.1 Å². The van der Waals surface area contributed by atoms with Gasteiger partial charge in [-0.3, -0.25) is 9.69 Å². The Labute approximate surface area is 192 Å². The van der Waals surface area contributed by atoms with Gasteiger partial charge in [0.1, 0.15) is 0 Å². The van der Waals surface area contributed by atoms with Gasteiger partial charge in [0.05, 0.1) is 10.5 Å². The zero-order valence-corrected chi connectivity index (χ0v) is 19.6. The van der Waals surface area contributed by atoms with Crippen molar-refractivity contribution in [2.45, 2.75) is 50.3 Å². The molecule has 0 aromatic heterocycles. The van der Waals surface area contributed by atoms with Crippen molar-refractivity contribution in [3.8, 4) is 0 Å². The minimum absolute atomic E-state index is 0.0535. The van der Waals surface area contributed by atoms with Crippen LogP contribution in [-0.4, -0.2) is 49.7 Å². The van der Waals surface area contributed by atoms with Crippen LogP contribution in [0.4, 0.5) is 18.9 Å². The smallest absolute Gasteiger partial charge is 0.326 e. The van der Waals surface area contributed by atoms with Crippen molar-refractivity contribution in [2.75, 3.05) is 25.5 Å². The van der Waals surface area contributed by atoms with Gasteiger partial charge in [0, 0.05) is 38.3 Å². The van der Waals surface area contributed by atoms with Gasteiger partial charge >= 0.3 is 6.18 Å². The van der Waals surface area contributed by atoms with E-state index in [2.05, 4.69) is 5.32 Å². The number of aryl methyl sites for hydroxylation is 1. The van der Waals surface area contributed by atoms with Crippen molar-refractivity contribution in [2.24, 2.45) is 0 Å². The van der Waals surface area contributed by atoms with Gasteiger partial charge in [-0.2, -0.15) is 17.5 Å². The summed E-state index contributed by atoms with van der Waals surface area (Å²) in [5.41, 5.74) is 0.897. The molecule has 180 valence electrons. The SMILES string of the molecule is CC(=O)Nc1ccc(C)c(S(=O)(=O)N2CCC(N(C)Cc3cccc(C(F)(F)F)c3)CC2)c1. The van der Waals surface area contributed by atoms with E-state index in [-0.39, 0.29) is 16.8 Å². The number of anilines is 1. The number of benzene rings is 2. The molecule has 1 N–H and O–H groups in total. The summed E-state index contributed by atoms with van der Waals surface area (Å²) in [6.07, 6.45) is -3.25. The van der Waals surface area contributed by atoms with Crippen LogP contribution in [0.15, 0.2) is 47.4 Å². The van der Waals surface area contributed by atoms with Crippen LogP contribution in [0.3, 0.4) is 0 Å². The highest BCUT2D eigenvalue weighted by Crippen LogP contribution is 2.31. The molecule has 0 radical (unpaired) electrons. The first-order valence-corrected chi connectivity index (χ1v) is 12.1. The Morgan fingerprint density at radius 2 is 1.82 bits per heavy atom. The monoisotopic (exact) mass is 483 g/mol. The number of amides is 1. The number of rotatable bonds is 6. The lowest BCUT2D eigenvalue weighted by molar-refractivity contribution is -0.137. The van der Waals surface area contributed by atoms with E-state index in [0.717, 1.165) is 12.1 Å². The van der Waals surface area contributed by atoms with Crippen molar-refractivity contribution in [1.29, 1.82) is 0 Å². The molecule has 6 nitrogen and oxygen atoms in total. The third kappa shape index (κ3) is 6.13. The lowest BCUT2D eigenvalue weighted by Crippen LogP contribution is -2.45. The Balaban J connectivity index is 1.66. The predicted octanol–water partition coefficient (Wildman–Crippen LogP) is 4.26. The van der Waals surface area contributed by atoms with E-state index in [9.17, 15) is 26.4 Å². The Morgan fingerprint density at radius 1 is 1.15 bits per heavy atom. The zero-order chi connectivity index (χ0) is 24.4. The van der Waals surface area contributed by atoms with E-state index in [1.165, 1.54) is 23.4 Å². The Hall–Kier alpha value is -2.43. The molecule has 0 atom stereocenters. The largest absolute Gasteiger partial charge is 0.416 e. The second-order valence-electron chi connectivity index (χ2n) is 8.41. The van der Waals surface area contributed by atoms with Crippen LogP contribution in [0.1, 0.15) is 36.5 Å². The second-order valence-corrected chi connectivity index (χ2v) is 10.3. The highest BCUT2D eigenvalue weighted by atomic mass is 32.2. The number of piperidine rings is 1. The van der Waals surface area contributed by atoms with Crippen LogP contribution in [0.25, 0.3) is 0 Å². The topological polar surface area (TPSA) is 69.7 Å². The molecule has 2 aromatic rings. The van der Waals surface area contributed by atoms with Crippen LogP contribution >= 0.6 is 0 Å². The lowest BCUT2D eigenvalue weighted by Gasteiger charge is -2.36. The summed E-state index contributed by atoms with van der Waals surface area (Å²) in [4.78, 5) is 13.5. The molecular weight excluding hydrogens is 455 g/mol. The Bertz CT molecular complexity index is 1110. The van der Waals surface area contributed by atoms with Crippen molar-refractivity contribution in [3.05, 3.63) is 59.2 Å². The average molecular weight is 484 g/mol. The predicted molar refractivity (Wildman–Crippen MR) is 120 cm³/mol. The number of nitrogens with zero attached hydrogens (tertiary/aromatic N) is 2. The molecule has 1 fully saturated rings. The maximum Gasteiger partial charge on any atom is 0.416 e. The number of hydrogen-bond acceptors (Lipinski definition) is 4. The van der Waals surface area contributed by atoms with E-state index in [1.807, 2.05) is 11.9 Å². The van der Waals surface area contributed by atoms with Crippen molar-refractivity contribution in [1.82, 2.24) is 9.21 Å². The average Bonchev–Trinajstić information content (AvgIpc) is 2.74. The van der Waals surface area contributed by atoms with E-state index in [4.69, 9.17) is 0 Å². The lowest BCUT2D eigenvalue weighted by atomic mass is 10.0. The van der Waals surface area contributed by atoms with Crippen LogP contribution < -0.4 is 5.32 Å². The number of sulfonamides is 1. The van der Waals surface area contributed by atoms with Crippen molar-refractivity contribution >= 4 is 21.6 Å². The maximum absolute atomic E-state index is 13.2. The Morgan fingerprint density at radius 3 is 2.42 bits per heavy atom. The molecule has 2 aromatic carbocycles. The number of alkyl halides is 3. The minimum atomic E-state index is -4.39. The molecule has 0 aliphatic carbocycles. The summed E-state index contributed by atoms with van der Waals surface area (Å²) in [5.74, 6) is -0.285. The van der Waals surface area contributed by atoms with Crippen molar-refractivity contribution < 1.29 is 26.4 Å². The summed E-state index contributed by atoms with van der Waals surface area (Å²) >= 11 is 0. The third-order valence-electron chi connectivity index (χ3n) is 5.86. The summed E-state index contributed by atoms with van der Waals surface area (Å²) in [5, 5.41) is 2.61. The normalized spacial score (nSPS) is 16.2. The van der Waals surface area contributed by atoms with Gasteiger partial charge in [-0.25, -0.2) is 8.42 Å². The zero-order valence-electron chi connectivity index (χ0n) is 18.8. The van der Waals surface area contributed by atoms with Gasteiger partial charge in [0.2, 0.25) is 15.9 Å². The highest BCUT2D eigenvalue weighted by Gasteiger charge is 2.33. The molecule has 0 spiro atoms. The summed E-state index contributed by atoms with van der Waals surface area (Å²) < 4.78 is 66.8. The number of halogens is 3. The molecule has 1 amide bonds. The van der Waals surface area contributed by atoms with E-state index >= 15 is 0 Å². The maximum atomic E-state index is 13.2. The molecule has 1 aliphatic heterocycles. The Kier molecular flexibility index (Phi) is 7.50. The molecule has 1 heterocycles. The highest BCUT2D eigenvalue weighted by molar-refractivity contribution is 7.89. The molecule has 0 bridgehead atoms. The molecule has 1 saturated heterocycles. The van der Waals surface area contributed by atoms with Gasteiger partial charge < -0.3 is 5.32 Å². The first kappa shape index (κ1) is 25.2. The molecule has 3 rings (SSSR count). The van der Waals surface area contributed by atoms with Gasteiger partial charge in [-0.1, -0.05) is 24.3 Å². The van der Waals surface area contributed by atoms with Crippen LogP contribution in [0.5, 0.6) is 0 Å². The van der Waals surface area contributed by atoms with E-state index in [1.54, 1.807) is 25.1 Å². The molecule has 0 saturated carbocycles. The first-order valence-electron chi connectivity index (χ1n) is 10.6. The van der Waals surface area contributed by atoms with Gasteiger partial charge in [0.15, 0.2) is 0 Å². The van der Waals surface area contributed by atoms with Crippen LogP contribution in [0, 0.1) is 6.92 Å². The second kappa shape index (κ2) is 9.82. The number of carbonyl (C=O) groups is 1. The minimum Gasteiger partial charge on any atom is -0.326 e.